The summed E-state index contributed by atoms with van der Waals surface area (Å²) >= 11 is 0. The minimum absolute atomic E-state index is 0.104. The Morgan fingerprint density at radius 1 is 0.984 bits per heavy atom. The van der Waals surface area contributed by atoms with Gasteiger partial charge in [-0.25, -0.2) is 0 Å². The van der Waals surface area contributed by atoms with Gasteiger partial charge in [-0.15, -0.1) is 6.58 Å². The summed E-state index contributed by atoms with van der Waals surface area (Å²) < 4.78 is 32.3. The number of aliphatic hydroxyl groups is 2. The Hall–Kier alpha value is -4.88. The number of oxime groups is 1. The fraction of sp³-hybridized carbons (Fsp3) is 0.510. The minimum atomic E-state index is -1.36. The van der Waals surface area contributed by atoms with E-state index in [4.69, 9.17) is 33.7 Å². The van der Waals surface area contributed by atoms with E-state index >= 15 is 4.79 Å². The standard InChI is InChI=1S/C49H61N3O9/c1-3-20-52(48(55)36-16-18-43-44(29-36)58-33-57-43)45-31-41(50-60-32-34-12-6-5-7-13-34)39-28-35(14-8-10-24-53)38(15-9-11-25-54)46-40-30-37(56-27-23-51-21-22-51)17-19-42(40)61-49(45,47(39)46)59-26-4-2/h4-7,12-13,16-19,28-30,35,38,45-47,53-54H,2-3,8-11,14-15,20-27,31-33H2,1H3/t35-,38+,45-,46+,47+,49+/m0/s1. The molecule has 2 aliphatic carbocycles. The Balaban J connectivity index is 1.30. The van der Waals surface area contributed by atoms with Crippen molar-refractivity contribution in [2.24, 2.45) is 22.9 Å². The van der Waals surface area contributed by atoms with Gasteiger partial charge in [-0.3, -0.25) is 9.69 Å². The predicted molar refractivity (Wildman–Crippen MR) is 232 cm³/mol. The fourth-order valence-electron chi connectivity index (χ4n) is 9.92. The van der Waals surface area contributed by atoms with Crippen molar-refractivity contribution >= 4 is 11.6 Å². The molecular weight excluding hydrogens is 775 g/mol. The lowest BCUT2D eigenvalue weighted by atomic mass is 9.55. The van der Waals surface area contributed by atoms with Crippen LogP contribution in [-0.4, -0.2) is 103 Å². The van der Waals surface area contributed by atoms with Gasteiger partial charge in [0.25, 0.3) is 5.91 Å². The zero-order valence-corrected chi connectivity index (χ0v) is 35.4. The van der Waals surface area contributed by atoms with Gasteiger partial charge in [-0.1, -0.05) is 67.4 Å². The highest BCUT2D eigenvalue weighted by Gasteiger charge is 2.65. The predicted octanol–water partition coefficient (Wildman–Crippen LogP) is 7.50. The lowest BCUT2D eigenvalue weighted by Crippen LogP contribution is -2.70. The van der Waals surface area contributed by atoms with E-state index in [1.165, 1.54) is 0 Å². The number of hydrogen-bond acceptors (Lipinski definition) is 11. The van der Waals surface area contributed by atoms with Crippen LogP contribution in [0.3, 0.4) is 0 Å². The number of nitrogens with zero attached hydrogens (tertiary/aromatic N) is 3. The molecule has 3 aliphatic heterocycles. The molecule has 2 fully saturated rings. The van der Waals surface area contributed by atoms with Crippen LogP contribution in [0.15, 0.2) is 96.2 Å². The van der Waals surface area contributed by atoms with Crippen LogP contribution in [0.1, 0.15) is 85.7 Å². The average Bonchev–Trinajstić information content (AvgIpc) is 3.99. The maximum Gasteiger partial charge on any atom is 0.254 e. The van der Waals surface area contributed by atoms with Gasteiger partial charge in [0.1, 0.15) is 30.8 Å². The number of amides is 1. The van der Waals surface area contributed by atoms with Gasteiger partial charge in [0, 0.05) is 62.9 Å². The van der Waals surface area contributed by atoms with Gasteiger partial charge < -0.3 is 43.6 Å². The van der Waals surface area contributed by atoms with Crippen LogP contribution in [-0.2, 0) is 16.2 Å². The third-order valence-corrected chi connectivity index (χ3v) is 12.8. The molecule has 3 aromatic carbocycles. The zero-order valence-electron chi connectivity index (χ0n) is 35.4. The molecule has 1 amide bonds. The van der Waals surface area contributed by atoms with E-state index in [9.17, 15) is 10.2 Å². The number of benzene rings is 3. The maximum absolute atomic E-state index is 15.1. The van der Waals surface area contributed by atoms with E-state index in [1.54, 1.807) is 24.3 Å². The molecule has 6 atom stereocenters. The topological polar surface area (TPSA) is 132 Å². The number of aliphatic hydroxyl groups excluding tert-OH is 2. The maximum atomic E-state index is 15.1. The second-order valence-corrected chi connectivity index (χ2v) is 16.8. The van der Waals surface area contributed by atoms with Gasteiger partial charge in [0.15, 0.2) is 11.5 Å². The summed E-state index contributed by atoms with van der Waals surface area (Å²) in [4.78, 5) is 25.6. The number of carbonyl (C=O) groups is 1. The molecule has 12 heteroatoms. The number of allylic oxidation sites excluding steroid dienone is 1. The molecule has 1 saturated heterocycles. The lowest BCUT2D eigenvalue weighted by molar-refractivity contribution is -0.254. The van der Waals surface area contributed by atoms with E-state index in [1.807, 2.05) is 47.4 Å². The SMILES string of the molecule is C=CCO[C@@]12Oc3ccc(OCCN4CC4)cc3[C@H]3[C@H](CCCCO)[C@@H](CCCCO)C=C(C(=NOCc4ccccc4)C[C@@H]1N(CCC)C(=O)c1ccc4c(c1)OCO4)[C@H]32. The quantitative estimate of drug-likeness (QED) is 0.0454. The summed E-state index contributed by atoms with van der Waals surface area (Å²) in [5.41, 5.74) is 4.26. The Morgan fingerprint density at radius 3 is 2.54 bits per heavy atom. The lowest BCUT2D eigenvalue weighted by Gasteiger charge is -2.60. The van der Waals surface area contributed by atoms with Crippen molar-refractivity contribution in [1.29, 1.82) is 0 Å². The Kier molecular flexibility index (Phi) is 13.9. The third-order valence-electron chi connectivity index (χ3n) is 12.8. The fourth-order valence-corrected chi connectivity index (χ4v) is 9.92. The van der Waals surface area contributed by atoms with Gasteiger partial charge in [0.05, 0.1) is 18.2 Å². The first kappa shape index (κ1) is 42.8. The summed E-state index contributed by atoms with van der Waals surface area (Å²) in [6.45, 7) is 11.0. The second kappa shape index (κ2) is 19.9. The van der Waals surface area contributed by atoms with E-state index in [-0.39, 0.29) is 56.9 Å². The van der Waals surface area contributed by atoms with Crippen molar-refractivity contribution in [2.75, 3.05) is 59.4 Å². The Morgan fingerprint density at radius 2 is 1.77 bits per heavy atom. The van der Waals surface area contributed by atoms with Crippen molar-refractivity contribution in [3.8, 4) is 23.0 Å². The highest BCUT2D eigenvalue weighted by molar-refractivity contribution is 6.03. The van der Waals surface area contributed by atoms with Crippen LogP contribution in [0.4, 0.5) is 0 Å². The Labute approximate surface area is 359 Å². The number of unbranched alkanes of at least 4 members (excludes halogenated alkanes) is 2. The monoisotopic (exact) mass is 835 g/mol. The van der Waals surface area contributed by atoms with Crippen molar-refractivity contribution in [1.82, 2.24) is 9.80 Å². The first-order valence-electron chi connectivity index (χ1n) is 22.3. The van der Waals surface area contributed by atoms with Crippen LogP contribution in [0.25, 0.3) is 0 Å². The zero-order chi connectivity index (χ0) is 42.2. The number of fused-ring (bicyclic) bond motifs is 3. The molecule has 1 saturated carbocycles. The van der Waals surface area contributed by atoms with Gasteiger partial charge in [-0.2, -0.15) is 0 Å². The molecule has 2 N–H and O–H groups in total. The molecule has 3 heterocycles. The molecule has 0 aromatic heterocycles. The molecule has 61 heavy (non-hydrogen) atoms. The molecule has 12 nitrogen and oxygen atoms in total. The number of rotatable bonds is 22. The van der Waals surface area contributed by atoms with E-state index in [2.05, 4.69) is 30.5 Å². The second-order valence-electron chi connectivity index (χ2n) is 16.8. The van der Waals surface area contributed by atoms with Crippen molar-refractivity contribution in [2.45, 2.75) is 82.6 Å². The number of ether oxygens (including phenoxy) is 5. The van der Waals surface area contributed by atoms with E-state index < -0.39 is 17.7 Å². The van der Waals surface area contributed by atoms with E-state index in [0.717, 1.165) is 73.5 Å². The molecule has 0 unspecified atom stereocenters. The average molecular weight is 836 g/mol. The van der Waals surface area contributed by atoms with Crippen LogP contribution < -0.4 is 18.9 Å². The first-order chi connectivity index (χ1) is 30.0. The highest BCUT2D eigenvalue weighted by Crippen LogP contribution is 2.62. The van der Waals surface area contributed by atoms with Crippen LogP contribution in [0.2, 0.25) is 0 Å². The molecule has 8 rings (SSSR count). The highest BCUT2D eigenvalue weighted by atomic mass is 16.7. The molecule has 5 aliphatic rings. The van der Waals surface area contributed by atoms with E-state index in [0.29, 0.717) is 61.6 Å². The largest absolute Gasteiger partial charge is 0.492 e. The van der Waals surface area contributed by atoms with Crippen LogP contribution in [0, 0.1) is 17.8 Å². The van der Waals surface area contributed by atoms with Gasteiger partial charge in [-0.05, 0) is 91.5 Å². The van der Waals surface area contributed by atoms with Crippen molar-refractivity contribution in [3.63, 3.8) is 0 Å². The summed E-state index contributed by atoms with van der Waals surface area (Å²) in [5, 5.41) is 24.9. The minimum Gasteiger partial charge on any atom is -0.492 e. The molecule has 3 aromatic rings. The Bertz CT molecular complexity index is 2040. The molecule has 0 spiro atoms. The normalized spacial score (nSPS) is 25.2. The number of hydrogen-bond donors (Lipinski definition) is 2. The third kappa shape index (κ3) is 9.33. The smallest absolute Gasteiger partial charge is 0.254 e. The molecular formula is C49H61N3O9. The van der Waals surface area contributed by atoms with Gasteiger partial charge in [0.2, 0.25) is 12.6 Å². The summed E-state index contributed by atoms with van der Waals surface area (Å²) in [6, 6.07) is 20.8. The molecule has 326 valence electrons. The van der Waals surface area contributed by atoms with Crippen molar-refractivity contribution < 1.29 is 43.5 Å². The first-order valence-corrected chi connectivity index (χ1v) is 22.3. The summed E-state index contributed by atoms with van der Waals surface area (Å²) in [6.07, 6.45) is 9.90. The van der Waals surface area contributed by atoms with Crippen LogP contribution in [0.5, 0.6) is 23.0 Å². The summed E-state index contributed by atoms with van der Waals surface area (Å²) in [5.74, 6) is 0.750. The molecule has 0 radical (unpaired) electrons. The molecule has 0 bridgehead atoms. The van der Waals surface area contributed by atoms with Crippen LogP contribution >= 0.6 is 0 Å². The van der Waals surface area contributed by atoms with Gasteiger partial charge >= 0.3 is 0 Å². The van der Waals surface area contributed by atoms with Crippen molar-refractivity contribution in [3.05, 3.63) is 108 Å². The summed E-state index contributed by atoms with van der Waals surface area (Å²) in [7, 11) is 0. The number of carbonyl (C=O) groups excluding carboxylic acids is 1.